The highest BCUT2D eigenvalue weighted by molar-refractivity contribution is 5.95. The van der Waals surface area contributed by atoms with Gasteiger partial charge in [-0.3, -0.25) is 4.79 Å². The summed E-state index contributed by atoms with van der Waals surface area (Å²) in [5.74, 6) is -0.0375. The summed E-state index contributed by atoms with van der Waals surface area (Å²) in [6, 6.07) is 6.05. The molecule has 0 heterocycles. The molecule has 0 spiro atoms. The number of carbonyl (C=O) groups excluding carboxylic acids is 1. The van der Waals surface area contributed by atoms with Crippen molar-refractivity contribution in [2.75, 3.05) is 18.0 Å². The van der Waals surface area contributed by atoms with Crippen molar-refractivity contribution in [1.82, 2.24) is 0 Å². The number of nitrogens with zero attached hydrogens (tertiary/aromatic N) is 1. The molecular weight excluding hydrogens is 188 g/mol. The first-order valence-corrected chi connectivity index (χ1v) is 5.17. The zero-order valence-electron chi connectivity index (χ0n) is 9.58. The van der Waals surface area contributed by atoms with E-state index in [0.29, 0.717) is 6.54 Å². The summed E-state index contributed by atoms with van der Waals surface area (Å²) in [4.78, 5) is 13.3. The third-order valence-electron chi connectivity index (χ3n) is 2.43. The summed E-state index contributed by atoms with van der Waals surface area (Å²) >= 11 is 0. The number of aryl methyl sites for hydroxylation is 2. The van der Waals surface area contributed by atoms with E-state index in [0.717, 1.165) is 11.3 Å². The Bertz CT molecular complexity index is 361. The summed E-state index contributed by atoms with van der Waals surface area (Å²) < 4.78 is 0. The molecule has 15 heavy (non-hydrogen) atoms. The predicted octanol–water partition coefficient (Wildman–Crippen LogP) is 1.62. The lowest BCUT2D eigenvalue weighted by Gasteiger charge is -2.22. The number of hydrogen-bond acceptors (Lipinski definition) is 2. The highest BCUT2D eigenvalue weighted by Gasteiger charge is 2.13. The topological polar surface area (TPSA) is 46.3 Å². The predicted molar refractivity (Wildman–Crippen MR) is 63.0 cm³/mol. The third kappa shape index (κ3) is 2.57. The van der Waals surface area contributed by atoms with E-state index in [1.54, 1.807) is 4.90 Å². The van der Waals surface area contributed by atoms with Crippen LogP contribution >= 0.6 is 0 Å². The van der Waals surface area contributed by atoms with Gasteiger partial charge in [0.05, 0.1) is 6.54 Å². The van der Waals surface area contributed by atoms with Crippen LogP contribution in [0.15, 0.2) is 18.2 Å². The average molecular weight is 206 g/mol. The van der Waals surface area contributed by atoms with Gasteiger partial charge in [0, 0.05) is 12.2 Å². The zero-order chi connectivity index (χ0) is 11.4. The van der Waals surface area contributed by atoms with Crippen molar-refractivity contribution in [3.05, 3.63) is 29.3 Å². The number of anilines is 1. The SMILES string of the molecule is CCN(C(=O)CN)c1ccc(C)cc1C. The van der Waals surface area contributed by atoms with Gasteiger partial charge in [-0.1, -0.05) is 17.7 Å². The van der Waals surface area contributed by atoms with Crippen LogP contribution in [-0.4, -0.2) is 19.0 Å². The zero-order valence-corrected chi connectivity index (χ0v) is 9.58. The largest absolute Gasteiger partial charge is 0.322 e. The maximum atomic E-state index is 11.6. The van der Waals surface area contributed by atoms with Gasteiger partial charge in [-0.2, -0.15) is 0 Å². The average Bonchev–Trinajstić information content (AvgIpc) is 2.21. The van der Waals surface area contributed by atoms with E-state index >= 15 is 0 Å². The Kier molecular flexibility index (Phi) is 3.86. The summed E-state index contributed by atoms with van der Waals surface area (Å²) in [6.07, 6.45) is 0. The Morgan fingerprint density at radius 2 is 2.07 bits per heavy atom. The summed E-state index contributed by atoms with van der Waals surface area (Å²) in [7, 11) is 0. The number of likely N-dealkylation sites (N-methyl/N-ethyl adjacent to an activating group) is 1. The Hall–Kier alpha value is -1.35. The highest BCUT2D eigenvalue weighted by Crippen LogP contribution is 2.20. The molecule has 1 rings (SSSR count). The number of benzene rings is 1. The van der Waals surface area contributed by atoms with Crippen molar-refractivity contribution in [2.45, 2.75) is 20.8 Å². The summed E-state index contributed by atoms with van der Waals surface area (Å²) in [6.45, 7) is 6.71. The second-order valence-corrected chi connectivity index (χ2v) is 3.63. The summed E-state index contributed by atoms with van der Waals surface area (Å²) in [5, 5.41) is 0. The molecule has 1 aromatic carbocycles. The Labute approximate surface area is 90.9 Å². The van der Waals surface area contributed by atoms with Crippen LogP contribution in [0.3, 0.4) is 0 Å². The molecule has 0 aromatic heterocycles. The fourth-order valence-corrected chi connectivity index (χ4v) is 1.70. The van der Waals surface area contributed by atoms with Crippen LogP contribution in [0.1, 0.15) is 18.1 Å². The van der Waals surface area contributed by atoms with Gasteiger partial charge in [0.25, 0.3) is 0 Å². The van der Waals surface area contributed by atoms with Gasteiger partial charge < -0.3 is 10.6 Å². The molecule has 0 saturated carbocycles. The maximum absolute atomic E-state index is 11.6. The smallest absolute Gasteiger partial charge is 0.240 e. The van der Waals surface area contributed by atoms with E-state index in [-0.39, 0.29) is 12.5 Å². The van der Waals surface area contributed by atoms with Crippen molar-refractivity contribution in [1.29, 1.82) is 0 Å². The van der Waals surface area contributed by atoms with Gasteiger partial charge in [0.1, 0.15) is 0 Å². The van der Waals surface area contributed by atoms with Gasteiger partial charge in [-0.25, -0.2) is 0 Å². The molecule has 1 aromatic rings. The van der Waals surface area contributed by atoms with E-state index < -0.39 is 0 Å². The minimum Gasteiger partial charge on any atom is -0.322 e. The van der Waals surface area contributed by atoms with Crippen molar-refractivity contribution < 1.29 is 4.79 Å². The fourth-order valence-electron chi connectivity index (χ4n) is 1.70. The van der Waals surface area contributed by atoms with Crippen LogP contribution in [0.4, 0.5) is 5.69 Å². The minimum absolute atomic E-state index is 0.0375. The lowest BCUT2D eigenvalue weighted by molar-refractivity contribution is -0.117. The first-order chi connectivity index (χ1) is 7.10. The Morgan fingerprint density at radius 3 is 2.53 bits per heavy atom. The van der Waals surface area contributed by atoms with Gasteiger partial charge in [-0.05, 0) is 32.4 Å². The lowest BCUT2D eigenvalue weighted by atomic mass is 10.1. The highest BCUT2D eigenvalue weighted by atomic mass is 16.2. The third-order valence-corrected chi connectivity index (χ3v) is 2.43. The van der Waals surface area contributed by atoms with Crippen LogP contribution in [0.25, 0.3) is 0 Å². The van der Waals surface area contributed by atoms with Crippen LogP contribution in [0.5, 0.6) is 0 Å². The van der Waals surface area contributed by atoms with E-state index in [1.807, 2.05) is 32.9 Å². The molecule has 3 nitrogen and oxygen atoms in total. The number of amides is 1. The quantitative estimate of drug-likeness (QED) is 0.816. The molecule has 3 heteroatoms. The molecule has 0 bridgehead atoms. The minimum atomic E-state index is -0.0375. The number of carbonyl (C=O) groups is 1. The number of nitrogens with two attached hydrogens (primary N) is 1. The van der Waals surface area contributed by atoms with Crippen LogP contribution in [0, 0.1) is 13.8 Å². The van der Waals surface area contributed by atoms with E-state index in [4.69, 9.17) is 5.73 Å². The van der Waals surface area contributed by atoms with Crippen LogP contribution in [0.2, 0.25) is 0 Å². The van der Waals surface area contributed by atoms with Crippen molar-refractivity contribution in [3.8, 4) is 0 Å². The van der Waals surface area contributed by atoms with Crippen LogP contribution in [-0.2, 0) is 4.79 Å². The Morgan fingerprint density at radius 1 is 1.40 bits per heavy atom. The molecule has 0 aliphatic rings. The second-order valence-electron chi connectivity index (χ2n) is 3.63. The molecular formula is C12H18N2O. The fraction of sp³-hybridized carbons (Fsp3) is 0.417. The molecule has 0 aliphatic carbocycles. The molecule has 0 fully saturated rings. The van der Waals surface area contributed by atoms with E-state index in [1.165, 1.54) is 5.56 Å². The molecule has 0 aliphatic heterocycles. The normalized spacial score (nSPS) is 10.1. The lowest BCUT2D eigenvalue weighted by Crippen LogP contribution is -2.36. The molecule has 82 valence electrons. The standard InChI is InChI=1S/C12H18N2O/c1-4-14(12(15)8-13)11-6-5-9(2)7-10(11)3/h5-7H,4,8,13H2,1-3H3. The number of rotatable bonds is 3. The molecule has 0 radical (unpaired) electrons. The molecule has 0 unspecified atom stereocenters. The van der Waals surface area contributed by atoms with E-state index in [9.17, 15) is 4.79 Å². The maximum Gasteiger partial charge on any atom is 0.240 e. The van der Waals surface area contributed by atoms with Crippen molar-refractivity contribution in [2.24, 2.45) is 5.73 Å². The van der Waals surface area contributed by atoms with Gasteiger partial charge in [0.2, 0.25) is 5.91 Å². The van der Waals surface area contributed by atoms with E-state index in [2.05, 4.69) is 6.07 Å². The molecule has 2 N–H and O–H groups in total. The summed E-state index contributed by atoms with van der Waals surface area (Å²) in [5.41, 5.74) is 8.64. The first kappa shape index (κ1) is 11.7. The molecule has 1 amide bonds. The first-order valence-electron chi connectivity index (χ1n) is 5.17. The second kappa shape index (κ2) is 4.94. The van der Waals surface area contributed by atoms with Crippen LogP contribution < -0.4 is 10.6 Å². The molecule has 0 atom stereocenters. The monoisotopic (exact) mass is 206 g/mol. The van der Waals surface area contributed by atoms with Gasteiger partial charge in [-0.15, -0.1) is 0 Å². The molecule has 0 saturated heterocycles. The van der Waals surface area contributed by atoms with Crippen molar-refractivity contribution in [3.63, 3.8) is 0 Å². The number of hydrogen-bond donors (Lipinski definition) is 1. The van der Waals surface area contributed by atoms with Crippen molar-refractivity contribution >= 4 is 11.6 Å². The van der Waals surface area contributed by atoms with Gasteiger partial charge in [0.15, 0.2) is 0 Å². The Balaban J connectivity index is 3.07. The van der Waals surface area contributed by atoms with Gasteiger partial charge >= 0.3 is 0 Å².